The molecule has 0 spiro atoms. The highest BCUT2D eigenvalue weighted by molar-refractivity contribution is 5.89. The summed E-state index contributed by atoms with van der Waals surface area (Å²) in [5.41, 5.74) is 1.34. The topological polar surface area (TPSA) is 46.6 Å². The molecule has 2 fully saturated rings. The smallest absolute Gasteiger partial charge is 0.309 e. The normalized spacial score (nSPS) is 26.4. The first-order valence-electron chi connectivity index (χ1n) is 8.54. The van der Waals surface area contributed by atoms with E-state index in [9.17, 15) is 9.59 Å². The van der Waals surface area contributed by atoms with Crippen molar-refractivity contribution in [2.75, 3.05) is 20.2 Å². The fraction of sp³-hybridized carbons (Fsp3) is 0.579. The maximum atomic E-state index is 12.3. The number of hydrogen-bond acceptors (Lipinski definition) is 4. The van der Waals surface area contributed by atoms with Crippen molar-refractivity contribution in [3.63, 3.8) is 0 Å². The Labute approximate surface area is 137 Å². The molecule has 1 aliphatic heterocycles. The maximum absolute atomic E-state index is 12.3. The zero-order valence-electron chi connectivity index (χ0n) is 13.7. The second kappa shape index (κ2) is 7.26. The number of esters is 1. The van der Waals surface area contributed by atoms with Gasteiger partial charge in [-0.3, -0.25) is 14.5 Å². The standard InChI is InChI=1S/C19H25NO3/c1-23-19(22)16-11-17(18(21)12-16)15-7-9-20(10-8-15)13-14-5-3-2-4-6-14/h2-6,15-17H,7-13H2,1H3/t16-,17-/m1/s1. The Bertz CT molecular complexity index is 549. The first kappa shape index (κ1) is 16.2. The number of nitrogens with zero attached hydrogens (tertiary/aromatic N) is 1. The molecule has 1 saturated heterocycles. The van der Waals surface area contributed by atoms with E-state index in [0.717, 1.165) is 32.5 Å². The monoisotopic (exact) mass is 315 g/mol. The van der Waals surface area contributed by atoms with E-state index >= 15 is 0 Å². The van der Waals surface area contributed by atoms with E-state index in [1.54, 1.807) is 0 Å². The van der Waals surface area contributed by atoms with Crippen molar-refractivity contribution in [2.24, 2.45) is 17.8 Å². The summed E-state index contributed by atoms with van der Waals surface area (Å²) < 4.78 is 4.80. The number of Topliss-reactive ketones (excluding diaryl/α,β-unsaturated/α-hetero) is 1. The quantitative estimate of drug-likeness (QED) is 0.802. The van der Waals surface area contributed by atoms with Crippen LogP contribution in [0.1, 0.15) is 31.2 Å². The van der Waals surface area contributed by atoms with Gasteiger partial charge >= 0.3 is 5.97 Å². The van der Waals surface area contributed by atoms with Gasteiger partial charge < -0.3 is 4.74 Å². The molecule has 124 valence electrons. The minimum Gasteiger partial charge on any atom is -0.469 e. The zero-order chi connectivity index (χ0) is 16.2. The number of ketones is 1. The van der Waals surface area contributed by atoms with Crippen LogP contribution in [0.3, 0.4) is 0 Å². The Balaban J connectivity index is 1.51. The van der Waals surface area contributed by atoms with Crippen molar-refractivity contribution >= 4 is 11.8 Å². The Hall–Kier alpha value is -1.68. The minimum absolute atomic E-state index is 0.0676. The van der Waals surface area contributed by atoms with Crippen LogP contribution in [0.2, 0.25) is 0 Å². The molecule has 0 N–H and O–H groups in total. The molecule has 4 nitrogen and oxygen atoms in total. The molecule has 23 heavy (non-hydrogen) atoms. The van der Waals surface area contributed by atoms with Crippen LogP contribution in [-0.2, 0) is 20.9 Å². The van der Waals surface area contributed by atoms with Gasteiger partial charge in [0, 0.05) is 18.9 Å². The highest BCUT2D eigenvalue weighted by atomic mass is 16.5. The van der Waals surface area contributed by atoms with E-state index in [0.29, 0.717) is 18.8 Å². The summed E-state index contributed by atoms with van der Waals surface area (Å²) in [5.74, 6) is 0.339. The number of carbonyl (C=O) groups is 2. The summed E-state index contributed by atoms with van der Waals surface area (Å²) in [6.45, 7) is 3.05. The Morgan fingerprint density at radius 1 is 1.22 bits per heavy atom. The number of methoxy groups -OCH3 is 1. The SMILES string of the molecule is COC(=O)[C@H]1CC(=O)[C@@H](C2CCN(Cc3ccccc3)CC2)C1. The zero-order valence-corrected chi connectivity index (χ0v) is 13.7. The lowest BCUT2D eigenvalue weighted by atomic mass is 9.82. The van der Waals surface area contributed by atoms with Gasteiger partial charge in [0.15, 0.2) is 0 Å². The van der Waals surface area contributed by atoms with E-state index < -0.39 is 0 Å². The van der Waals surface area contributed by atoms with Crippen LogP contribution in [-0.4, -0.2) is 36.9 Å². The third-order valence-electron chi connectivity index (χ3n) is 5.38. The molecular weight excluding hydrogens is 290 g/mol. The Morgan fingerprint density at radius 2 is 1.91 bits per heavy atom. The molecule has 0 bridgehead atoms. The second-order valence-electron chi connectivity index (χ2n) is 6.83. The van der Waals surface area contributed by atoms with E-state index in [1.807, 2.05) is 6.07 Å². The molecule has 0 unspecified atom stereocenters. The van der Waals surface area contributed by atoms with E-state index in [2.05, 4.69) is 29.2 Å². The predicted octanol–water partition coefficient (Wildman–Crippen LogP) is 2.67. The third-order valence-corrected chi connectivity index (χ3v) is 5.38. The molecule has 0 radical (unpaired) electrons. The third kappa shape index (κ3) is 3.81. The van der Waals surface area contributed by atoms with Crippen molar-refractivity contribution in [1.29, 1.82) is 0 Å². The second-order valence-corrected chi connectivity index (χ2v) is 6.83. The molecule has 1 aromatic rings. The highest BCUT2D eigenvalue weighted by Crippen LogP contribution is 2.38. The fourth-order valence-electron chi connectivity index (χ4n) is 4.07. The molecule has 3 rings (SSSR count). The Kier molecular flexibility index (Phi) is 5.11. The van der Waals surface area contributed by atoms with Gasteiger partial charge in [-0.2, -0.15) is 0 Å². The number of hydrogen-bond donors (Lipinski definition) is 0. The van der Waals surface area contributed by atoms with Crippen LogP contribution in [0.15, 0.2) is 30.3 Å². The lowest BCUT2D eigenvalue weighted by Crippen LogP contribution is -2.36. The van der Waals surface area contributed by atoms with E-state index in [-0.39, 0.29) is 23.6 Å². The van der Waals surface area contributed by atoms with Crippen LogP contribution in [0, 0.1) is 17.8 Å². The number of ether oxygens (including phenoxy) is 1. The molecular formula is C19H25NO3. The van der Waals surface area contributed by atoms with Crippen molar-refractivity contribution in [3.05, 3.63) is 35.9 Å². The molecule has 4 heteroatoms. The van der Waals surface area contributed by atoms with Crippen molar-refractivity contribution in [1.82, 2.24) is 4.90 Å². The summed E-state index contributed by atoms with van der Waals surface area (Å²) in [5, 5.41) is 0. The van der Waals surface area contributed by atoms with Gasteiger partial charge in [0.1, 0.15) is 5.78 Å². The number of carbonyl (C=O) groups excluding carboxylic acids is 2. The average molecular weight is 315 g/mol. The summed E-state index contributed by atoms with van der Waals surface area (Å²) in [4.78, 5) is 26.4. The van der Waals surface area contributed by atoms with Crippen molar-refractivity contribution in [2.45, 2.75) is 32.2 Å². The van der Waals surface area contributed by atoms with E-state index in [1.165, 1.54) is 12.7 Å². The van der Waals surface area contributed by atoms with Gasteiger partial charge in [0.05, 0.1) is 13.0 Å². The molecule has 2 aliphatic rings. The first-order chi connectivity index (χ1) is 11.2. The van der Waals surface area contributed by atoms with Crippen molar-refractivity contribution in [3.8, 4) is 0 Å². The minimum atomic E-state index is -0.220. The number of piperidine rings is 1. The molecule has 1 aliphatic carbocycles. The molecule has 0 aromatic heterocycles. The summed E-state index contributed by atoms with van der Waals surface area (Å²) in [7, 11) is 1.40. The first-order valence-corrected chi connectivity index (χ1v) is 8.54. The number of benzene rings is 1. The molecule has 1 aromatic carbocycles. The van der Waals surface area contributed by atoms with Crippen LogP contribution in [0.4, 0.5) is 0 Å². The average Bonchev–Trinajstić information content (AvgIpc) is 2.98. The maximum Gasteiger partial charge on any atom is 0.309 e. The van der Waals surface area contributed by atoms with Gasteiger partial charge in [0.2, 0.25) is 0 Å². The van der Waals surface area contributed by atoms with Crippen LogP contribution in [0.25, 0.3) is 0 Å². The molecule has 2 atom stereocenters. The summed E-state index contributed by atoms with van der Waals surface area (Å²) >= 11 is 0. The summed E-state index contributed by atoms with van der Waals surface area (Å²) in [6.07, 6.45) is 3.17. The van der Waals surface area contributed by atoms with Gasteiger partial charge in [-0.25, -0.2) is 0 Å². The Morgan fingerprint density at radius 3 is 2.57 bits per heavy atom. The molecule has 0 amide bonds. The number of likely N-dealkylation sites (tertiary alicyclic amines) is 1. The lowest BCUT2D eigenvalue weighted by molar-refractivity contribution is -0.145. The molecule has 1 saturated carbocycles. The van der Waals surface area contributed by atoms with Crippen LogP contribution >= 0.6 is 0 Å². The highest BCUT2D eigenvalue weighted by Gasteiger charge is 2.41. The largest absolute Gasteiger partial charge is 0.469 e. The number of rotatable bonds is 4. The van der Waals surface area contributed by atoms with Gasteiger partial charge in [0.25, 0.3) is 0 Å². The van der Waals surface area contributed by atoms with Crippen molar-refractivity contribution < 1.29 is 14.3 Å². The van der Waals surface area contributed by atoms with Gasteiger partial charge in [-0.05, 0) is 43.8 Å². The molecule has 1 heterocycles. The predicted molar refractivity (Wildman–Crippen MR) is 87.7 cm³/mol. The summed E-state index contributed by atoms with van der Waals surface area (Å²) in [6, 6.07) is 10.5. The van der Waals surface area contributed by atoms with Gasteiger partial charge in [-0.1, -0.05) is 30.3 Å². The van der Waals surface area contributed by atoms with E-state index in [4.69, 9.17) is 4.74 Å². The van der Waals surface area contributed by atoms with Gasteiger partial charge in [-0.15, -0.1) is 0 Å². The van der Waals surface area contributed by atoms with Crippen LogP contribution < -0.4 is 0 Å². The van der Waals surface area contributed by atoms with Crippen LogP contribution in [0.5, 0.6) is 0 Å². The lowest BCUT2D eigenvalue weighted by Gasteiger charge is -2.34. The fourth-order valence-corrected chi connectivity index (χ4v) is 4.07.